The van der Waals surface area contributed by atoms with Crippen molar-refractivity contribution in [1.82, 2.24) is 20.1 Å². The zero-order valence-corrected chi connectivity index (χ0v) is 13.4. The number of carbonyl (C=O) groups is 1. The molecule has 2 heterocycles. The molecule has 0 radical (unpaired) electrons. The lowest BCUT2D eigenvalue weighted by Gasteiger charge is -2.23. The van der Waals surface area contributed by atoms with E-state index in [4.69, 9.17) is 0 Å². The average Bonchev–Trinajstić information content (AvgIpc) is 2.99. The summed E-state index contributed by atoms with van der Waals surface area (Å²) in [5.74, 6) is 0.725. The van der Waals surface area contributed by atoms with E-state index >= 15 is 0 Å². The minimum absolute atomic E-state index is 0.0201. The molecule has 1 atom stereocenters. The second-order valence-electron chi connectivity index (χ2n) is 5.85. The van der Waals surface area contributed by atoms with Crippen LogP contribution in [0.2, 0.25) is 0 Å². The van der Waals surface area contributed by atoms with Gasteiger partial charge in [-0.05, 0) is 38.3 Å². The monoisotopic (exact) mass is 330 g/mol. The Morgan fingerprint density at radius 3 is 2.92 bits per heavy atom. The summed E-state index contributed by atoms with van der Waals surface area (Å²) in [7, 11) is 0. The highest BCUT2D eigenvalue weighted by molar-refractivity contribution is 5.90. The SMILES string of the molecule is Cc1cc(C)c([N+](=O)[O-])cc1NC(=O)N[C@H]1CCCn2ncnc21. The summed E-state index contributed by atoms with van der Waals surface area (Å²) in [6.45, 7) is 4.26. The molecule has 0 spiro atoms. The number of anilines is 1. The van der Waals surface area contributed by atoms with Gasteiger partial charge in [-0.3, -0.25) is 10.1 Å². The second kappa shape index (κ2) is 6.26. The van der Waals surface area contributed by atoms with Gasteiger partial charge in [-0.25, -0.2) is 14.5 Å². The number of benzene rings is 1. The van der Waals surface area contributed by atoms with Crippen LogP contribution in [0.15, 0.2) is 18.5 Å². The van der Waals surface area contributed by atoms with Gasteiger partial charge in [-0.1, -0.05) is 0 Å². The molecule has 1 aliphatic rings. The van der Waals surface area contributed by atoms with Crippen molar-refractivity contribution in [2.24, 2.45) is 0 Å². The van der Waals surface area contributed by atoms with Gasteiger partial charge < -0.3 is 10.6 Å². The highest BCUT2D eigenvalue weighted by atomic mass is 16.6. The summed E-state index contributed by atoms with van der Waals surface area (Å²) < 4.78 is 1.77. The molecule has 3 rings (SSSR count). The summed E-state index contributed by atoms with van der Waals surface area (Å²) in [6, 6.07) is 2.43. The minimum Gasteiger partial charge on any atom is -0.328 e. The van der Waals surface area contributed by atoms with Crippen LogP contribution < -0.4 is 10.6 Å². The number of nitrogens with one attached hydrogen (secondary N) is 2. The van der Waals surface area contributed by atoms with Gasteiger partial charge in [0.05, 0.1) is 16.7 Å². The Bertz CT molecular complexity index is 801. The maximum atomic E-state index is 12.3. The van der Waals surface area contributed by atoms with Crippen molar-refractivity contribution >= 4 is 17.4 Å². The largest absolute Gasteiger partial charge is 0.328 e. The van der Waals surface area contributed by atoms with Crippen LogP contribution in [0, 0.1) is 24.0 Å². The first-order valence-electron chi connectivity index (χ1n) is 7.66. The summed E-state index contributed by atoms with van der Waals surface area (Å²) in [6.07, 6.45) is 3.15. The maximum Gasteiger partial charge on any atom is 0.319 e. The second-order valence-corrected chi connectivity index (χ2v) is 5.85. The number of amides is 2. The van der Waals surface area contributed by atoms with Gasteiger partial charge in [0.15, 0.2) is 0 Å². The highest BCUT2D eigenvalue weighted by Gasteiger charge is 2.24. The predicted octanol–water partition coefficient (Wildman–Crippen LogP) is 2.46. The van der Waals surface area contributed by atoms with E-state index in [9.17, 15) is 14.9 Å². The van der Waals surface area contributed by atoms with E-state index in [1.54, 1.807) is 24.6 Å². The molecular formula is C15H18N6O3. The molecule has 9 heteroatoms. The van der Waals surface area contributed by atoms with Crippen LogP contribution in [-0.4, -0.2) is 25.7 Å². The number of urea groups is 1. The average molecular weight is 330 g/mol. The fraction of sp³-hybridized carbons (Fsp3) is 0.400. The van der Waals surface area contributed by atoms with Crippen LogP contribution in [0.1, 0.15) is 35.8 Å². The van der Waals surface area contributed by atoms with Crippen LogP contribution >= 0.6 is 0 Å². The molecule has 0 saturated carbocycles. The fourth-order valence-electron chi connectivity index (χ4n) is 2.92. The smallest absolute Gasteiger partial charge is 0.319 e. The first-order valence-corrected chi connectivity index (χ1v) is 7.66. The van der Waals surface area contributed by atoms with Crippen molar-refractivity contribution in [3.8, 4) is 0 Å². The van der Waals surface area contributed by atoms with Gasteiger partial charge in [0.1, 0.15) is 12.2 Å². The number of hydrogen-bond donors (Lipinski definition) is 2. The number of aryl methyl sites for hydroxylation is 3. The molecule has 1 aliphatic heterocycles. The number of nitrogens with zero attached hydrogens (tertiary/aromatic N) is 4. The van der Waals surface area contributed by atoms with Crippen LogP contribution in [-0.2, 0) is 6.54 Å². The van der Waals surface area contributed by atoms with Gasteiger partial charge in [0, 0.05) is 18.2 Å². The predicted molar refractivity (Wildman–Crippen MR) is 86.7 cm³/mol. The Balaban J connectivity index is 1.74. The van der Waals surface area contributed by atoms with Crippen molar-refractivity contribution in [3.05, 3.63) is 45.5 Å². The highest BCUT2D eigenvalue weighted by Crippen LogP contribution is 2.27. The molecule has 1 aromatic heterocycles. The van der Waals surface area contributed by atoms with Crippen molar-refractivity contribution < 1.29 is 9.72 Å². The normalized spacial score (nSPS) is 16.3. The van der Waals surface area contributed by atoms with E-state index < -0.39 is 11.0 Å². The molecule has 126 valence electrons. The van der Waals surface area contributed by atoms with Crippen LogP contribution in [0.25, 0.3) is 0 Å². The van der Waals surface area contributed by atoms with Crippen LogP contribution in [0.5, 0.6) is 0 Å². The number of nitro groups is 1. The standard InChI is InChI=1S/C15H18N6O3/c1-9-6-10(2)13(21(23)24)7-12(9)19-15(22)18-11-4-3-5-20-14(11)16-8-17-20/h6-8,11H,3-5H2,1-2H3,(H2,18,19,22)/t11-/m0/s1. The van der Waals surface area contributed by atoms with Crippen LogP contribution in [0.3, 0.4) is 0 Å². The molecule has 24 heavy (non-hydrogen) atoms. The summed E-state index contributed by atoms with van der Waals surface area (Å²) in [5.41, 5.74) is 1.72. The molecule has 9 nitrogen and oxygen atoms in total. The molecule has 0 fully saturated rings. The van der Waals surface area contributed by atoms with Crippen molar-refractivity contribution in [2.75, 3.05) is 5.32 Å². The van der Waals surface area contributed by atoms with Gasteiger partial charge in [0.2, 0.25) is 0 Å². The number of hydrogen-bond acceptors (Lipinski definition) is 5. The lowest BCUT2D eigenvalue weighted by atomic mass is 10.1. The maximum absolute atomic E-state index is 12.3. The number of aromatic nitrogens is 3. The zero-order chi connectivity index (χ0) is 17.3. The van der Waals surface area contributed by atoms with Crippen LogP contribution in [0.4, 0.5) is 16.2 Å². The topological polar surface area (TPSA) is 115 Å². The Labute approximate surface area is 138 Å². The number of nitro benzene ring substituents is 1. The van der Waals surface area contributed by atoms with Gasteiger partial charge in [-0.15, -0.1) is 0 Å². The molecule has 0 saturated heterocycles. The van der Waals surface area contributed by atoms with E-state index in [-0.39, 0.29) is 11.7 Å². The molecule has 1 aromatic carbocycles. The quantitative estimate of drug-likeness (QED) is 0.662. The summed E-state index contributed by atoms with van der Waals surface area (Å²) in [4.78, 5) is 27.1. The third kappa shape index (κ3) is 3.05. The van der Waals surface area contributed by atoms with E-state index in [0.29, 0.717) is 11.3 Å². The molecule has 0 unspecified atom stereocenters. The Hall–Kier alpha value is -2.97. The fourth-order valence-corrected chi connectivity index (χ4v) is 2.92. The summed E-state index contributed by atoms with van der Waals surface area (Å²) >= 11 is 0. The molecular weight excluding hydrogens is 312 g/mol. The number of fused-ring (bicyclic) bond motifs is 1. The zero-order valence-electron chi connectivity index (χ0n) is 13.4. The molecule has 0 bridgehead atoms. The first-order chi connectivity index (χ1) is 11.5. The third-order valence-corrected chi connectivity index (χ3v) is 4.11. The Morgan fingerprint density at radius 1 is 1.38 bits per heavy atom. The molecule has 2 aromatic rings. The summed E-state index contributed by atoms with van der Waals surface area (Å²) in [5, 5.41) is 20.7. The minimum atomic E-state index is -0.457. The van der Waals surface area contributed by atoms with Gasteiger partial charge in [0.25, 0.3) is 5.69 Å². The Morgan fingerprint density at radius 2 is 2.17 bits per heavy atom. The van der Waals surface area contributed by atoms with Crippen molar-refractivity contribution in [3.63, 3.8) is 0 Å². The van der Waals surface area contributed by atoms with E-state index in [2.05, 4.69) is 20.7 Å². The van der Waals surface area contributed by atoms with Gasteiger partial charge in [-0.2, -0.15) is 5.10 Å². The van der Waals surface area contributed by atoms with Crippen molar-refractivity contribution in [2.45, 2.75) is 39.3 Å². The van der Waals surface area contributed by atoms with E-state index in [1.807, 2.05) is 0 Å². The first kappa shape index (κ1) is 15.9. The van der Waals surface area contributed by atoms with Crippen molar-refractivity contribution in [1.29, 1.82) is 0 Å². The number of rotatable bonds is 3. The van der Waals surface area contributed by atoms with E-state index in [0.717, 1.165) is 30.8 Å². The Kier molecular flexibility index (Phi) is 4.15. The molecule has 0 aliphatic carbocycles. The molecule has 2 N–H and O–H groups in total. The van der Waals surface area contributed by atoms with E-state index in [1.165, 1.54) is 12.4 Å². The van der Waals surface area contributed by atoms with Gasteiger partial charge >= 0.3 is 6.03 Å². The number of carbonyl (C=O) groups excluding carboxylic acids is 1. The molecule has 2 amide bonds. The third-order valence-electron chi connectivity index (χ3n) is 4.11. The lowest BCUT2D eigenvalue weighted by molar-refractivity contribution is -0.385. The lowest BCUT2D eigenvalue weighted by Crippen LogP contribution is -2.36.